The molecule has 0 radical (unpaired) electrons. The number of hydrogen-bond donors (Lipinski definition) is 0. The Labute approximate surface area is 130 Å². The lowest BCUT2D eigenvalue weighted by Crippen LogP contribution is -2.11. The fourth-order valence-corrected chi connectivity index (χ4v) is 3.34. The van der Waals surface area contributed by atoms with Gasteiger partial charge in [-0.05, 0) is 66.3 Å². The molecule has 0 N–H and O–H groups in total. The highest BCUT2D eigenvalue weighted by atomic mass is 19.1. The van der Waals surface area contributed by atoms with Crippen LogP contribution in [0.15, 0.2) is 60.9 Å². The zero-order valence-corrected chi connectivity index (χ0v) is 12.5. The minimum absolute atomic E-state index is 0.209. The molecule has 0 nitrogen and oxygen atoms in total. The third kappa shape index (κ3) is 3.44. The van der Waals surface area contributed by atoms with E-state index in [4.69, 9.17) is 0 Å². The number of rotatable bonds is 3. The lowest BCUT2D eigenvalue weighted by molar-refractivity contribution is 0.373. The molecule has 0 aliphatic heterocycles. The second kappa shape index (κ2) is 6.87. The van der Waals surface area contributed by atoms with Crippen molar-refractivity contribution in [3.05, 3.63) is 72.3 Å². The first-order chi connectivity index (χ1) is 10.8. The summed E-state index contributed by atoms with van der Waals surface area (Å²) < 4.78 is 25.2. The largest absolute Gasteiger partial charge is 0.216 e. The van der Waals surface area contributed by atoms with Crippen LogP contribution in [0, 0.1) is 11.7 Å². The quantitative estimate of drug-likeness (QED) is 0.628. The molecule has 0 amide bonds. The molecule has 22 heavy (non-hydrogen) atoms. The molecular formula is C20H20F2. The van der Waals surface area contributed by atoms with Gasteiger partial charge < -0.3 is 0 Å². The van der Waals surface area contributed by atoms with E-state index < -0.39 is 0 Å². The highest BCUT2D eigenvalue weighted by Crippen LogP contribution is 2.36. The van der Waals surface area contributed by atoms with Crippen LogP contribution in [0.3, 0.4) is 0 Å². The van der Waals surface area contributed by atoms with Crippen LogP contribution in [0.25, 0.3) is 11.1 Å². The van der Waals surface area contributed by atoms with Crippen LogP contribution in [-0.2, 0) is 0 Å². The van der Waals surface area contributed by atoms with E-state index in [0.717, 1.165) is 36.8 Å². The molecule has 0 heterocycles. The van der Waals surface area contributed by atoms with Gasteiger partial charge in [-0.1, -0.05) is 42.5 Å². The van der Waals surface area contributed by atoms with Crippen LogP contribution < -0.4 is 0 Å². The van der Waals surface area contributed by atoms with Crippen LogP contribution >= 0.6 is 0 Å². The predicted octanol–water partition coefficient (Wildman–Crippen LogP) is 6.25. The topological polar surface area (TPSA) is 0 Å². The minimum Gasteiger partial charge on any atom is -0.216 e. The molecule has 0 aromatic heterocycles. The Morgan fingerprint density at radius 1 is 0.773 bits per heavy atom. The number of halogens is 2. The van der Waals surface area contributed by atoms with Gasteiger partial charge in [0.05, 0.1) is 6.33 Å². The van der Waals surface area contributed by atoms with Crippen molar-refractivity contribution in [2.75, 3.05) is 0 Å². The molecule has 3 rings (SSSR count). The maximum absolute atomic E-state index is 13.0. The molecule has 1 saturated carbocycles. The van der Waals surface area contributed by atoms with E-state index in [1.165, 1.54) is 17.7 Å². The van der Waals surface area contributed by atoms with Crippen molar-refractivity contribution in [2.24, 2.45) is 5.92 Å². The third-order valence-corrected chi connectivity index (χ3v) is 4.68. The van der Waals surface area contributed by atoms with Gasteiger partial charge >= 0.3 is 0 Å². The SMILES string of the molecule is F/C=C/C1CCC(c2ccc(-c3ccc(F)cc3)cc2)CC1. The lowest BCUT2D eigenvalue weighted by atomic mass is 9.78. The summed E-state index contributed by atoms with van der Waals surface area (Å²) in [5.41, 5.74) is 3.50. The standard InChI is InChI=1S/C20H20F2/c21-14-13-15-1-3-16(4-2-15)17-5-7-18(8-6-17)19-9-11-20(22)12-10-19/h5-16H,1-4H2/b14-13+. The Balaban J connectivity index is 1.68. The molecule has 0 atom stereocenters. The molecule has 2 aromatic carbocycles. The van der Waals surface area contributed by atoms with Crippen LogP contribution in [-0.4, -0.2) is 0 Å². The van der Waals surface area contributed by atoms with E-state index in [0.29, 0.717) is 18.2 Å². The van der Waals surface area contributed by atoms with Gasteiger partial charge in [-0.15, -0.1) is 0 Å². The Morgan fingerprint density at radius 3 is 1.86 bits per heavy atom. The van der Waals surface area contributed by atoms with Gasteiger partial charge in [-0.25, -0.2) is 8.78 Å². The van der Waals surface area contributed by atoms with Crippen molar-refractivity contribution in [3.63, 3.8) is 0 Å². The second-order valence-corrected chi connectivity index (χ2v) is 6.06. The molecule has 1 aliphatic rings. The second-order valence-electron chi connectivity index (χ2n) is 6.06. The average molecular weight is 298 g/mol. The van der Waals surface area contributed by atoms with E-state index in [-0.39, 0.29) is 5.82 Å². The van der Waals surface area contributed by atoms with E-state index in [1.807, 2.05) is 0 Å². The van der Waals surface area contributed by atoms with Gasteiger partial charge in [0.25, 0.3) is 0 Å². The Hall–Kier alpha value is -1.96. The lowest BCUT2D eigenvalue weighted by Gasteiger charge is -2.27. The van der Waals surface area contributed by atoms with Gasteiger partial charge in [0, 0.05) is 0 Å². The zero-order chi connectivity index (χ0) is 15.4. The molecule has 0 unspecified atom stereocenters. The van der Waals surface area contributed by atoms with Crippen molar-refractivity contribution in [1.29, 1.82) is 0 Å². The summed E-state index contributed by atoms with van der Waals surface area (Å²) in [6.45, 7) is 0. The van der Waals surface area contributed by atoms with Gasteiger partial charge in [0.2, 0.25) is 0 Å². The first-order valence-electron chi connectivity index (χ1n) is 7.89. The van der Waals surface area contributed by atoms with Crippen LogP contribution in [0.5, 0.6) is 0 Å². The Kier molecular flexibility index (Phi) is 4.67. The maximum atomic E-state index is 13.0. The monoisotopic (exact) mass is 298 g/mol. The molecule has 0 saturated heterocycles. The summed E-state index contributed by atoms with van der Waals surface area (Å²) in [6.07, 6.45) is 6.72. The highest BCUT2D eigenvalue weighted by molar-refractivity contribution is 5.63. The van der Waals surface area contributed by atoms with Gasteiger partial charge in [-0.2, -0.15) is 0 Å². The number of benzene rings is 2. The summed E-state index contributed by atoms with van der Waals surface area (Å²) in [4.78, 5) is 0. The van der Waals surface area contributed by atoms with Crippen LogP contribution in [0.4, 0.5) is 8.78 Å². The molecular weight excluding hydrogens is 278 g/mol. The zero-order valence-electron chi connectivity index (χ0n) is 12.5. The fraction of sp³-hybridized carbons (Fsp3) is 0.300. The fourth-order valence-electron chi connectivity index (χ4n) is 3.34. The Bertz CT molecular complexity index is 618. The van der Waals surface area contributed by atoms with E-state index >= 15 is 0 Å². The van der Waals surface area contributed by atoms with Crippen molar-refractivity contribution in [2.45, 2.75) is 31.6 Å². The summed E-state index contributed by atoms with van der Waals surface area (Å²) in [5, 5.41) is 0. The van der Waals surface area contributed by atoms with Crippen molar-refractivity contribution >= 4 is 0 Å². The van der Waals surface area contributed by atoms with Gasteiger partial charge in [0.15, 0.2) is 0 Å². The van der Waals surface area contributed by atoms with Crippen molar-refractivity contribution < 1.29 is 8.78 Å². The van der Waals surface area contributed by atoms with Gasteiger partial charge in [-0.3, -0.25) is 0 Å². The first kappa shape index (κ1) is 15.0. The van der Waals surface area contributed by atoms with Crippen LogP contribution in [0.1, 0.15) is 37.2 Å². The van der Waals surface area contributed by atoms with E-state index in [1.54, 1.807) is 18.2 Å². The molecule has 1 fully saturated rings. The summed E-state index contributed by atoms with van der Waals surface area (Å²) in [7, 11) is 0. The molecule has 2 heteroatoms. The normalized spacial score (nSPS) is 22.1. The van der Waals surface area contributed by atoms with E-state index in [9.17, 15) is 8.78 Å². The maximum Gasteiger partial charge on any atom is 0.123 e. The molecule has 1 aliphatic carbocycles. The summed E-state index contributed by atoms with van der Waals surface area (Å²) in [5.74, 6) is 0.769. The summed E-state index contributed by atoms with van der Waals surface area (Å²) in [6, 6.07) is 15.2. The number of hydrogen-bond acceptors (Lipinski definition) is 0. The number of allylic oxidation sites excluding steroid dienone is 1. The first-order valence-corrected chi connectivity index (χ1v) is 7.89. The van der Waals surface area contributed by atoms with Gasteiger partial charge in [0.1, 0.15) is 5.82 Å². The summed E-state index contributed by atoms with van der Waals surface area (Å²) >= 11 is 0. The minimum atomic E-state index is -0.209. The third-order valence-electron chi connectivity index (χ3n) is 4.68. The van der Waals surface area contributed by atoms with E-state index in [2.05, 4.69) is 24.3 Å². The molecule has 0 spiro atoms. The Morgan fingerprint density at radius 2 is 1.32 bits per heavy atom. The highest BCUT2D eigenvalue weighted by Gasteiger charge is 2.20. The smallest absolute Gasteiger partial charge is 0.123 e. The predicted molar refractivity (Wildman–Crippen MR) is 86.8 cm³/mol. The molecule has 2 aromatic rings. The van der Waals surface area contributed by atoms with Crippen LogP contribution in [0.2, 0.25) is 0 Å². The average Bonchev–Trinajstić information content (AvgIpc) is 2.57. The van der Waals surface area contributed by atoms with Crippen molar-refractivity contribution in [3.8, 4) is 11.1 Å². The van der Waals surface area contributed by atoms with Crippen molar-refractivity contribution in [1.82, 2.24) is 0 Å². The molecule has 0 bridgehead atoms. The molecule has 114 valence electrons.